The van der Waals surface area contributed by atoms with Crippen molar-refractivity contribution in [2.45, 2.75) is 25.7 Å². The molecule has 1 aromatic carbocycles. The zero-order valence-electron chi connectivity index (χ0n) is 12.9. The fourth-order valence-electron chi connectivity index (χ4n) is 2.19. The van der Waals surface area contributed by atoms with E-state index in [1.54, 1.807) is 14.0 Å². The lowest BCUT2D eigenvalue weighted by molar-refractivity contribution is -0.121. The molecule has 0 saturated heterocycles. The van der Waals surface area contributed by atoms with Gasteiger partial charge in [-0.2, -0.15) is 0 Å². The predicted octanol–water partition coefficient (Wildman–Crippen LogP) is 2.05. The summed E-state index contributed by atoms with van der Waals surface area (Å²) in [6, 6.07) is 9.72. The molecule has 0 radical (unpaired) electrons. The maximum atomic E-state index is 12.1. The van der Waals surface area contributed by atoms with Crippen molar-refractivity contribution in [3.05, 3.63) is 47.7 Å². The summed E-state index contributed by atoms with van der Waals surface area (Å²) in [4.78, 5) is 12.1. The van der Waals surface area contributed by atoms with Crippen LogP contribution in [0.1, 0.15) is 36.1 Å². The minimum absolute atomic E-state index is 0.0409. The summed E-state index contributed by atoms with van der Waals surface area (Å²) in [6.07, 6.45) is 1.07. The molecule has 2 rings (SSSR count). The molecule has 1 atom stereocenters. The standard InChI is InChI=1S/C16H21N3O3/c1-12-18-19-16(22-12)14(13-7-4-3-5-8-13)11-15(20)17-9-6-10-21-2/h3-5,7-8,14H,6,9-11H2,1-2H3,(H,17,20). The third kappa shape index (κ3) is 4.66. The van der Waals surface area contributed by atoms with Gasteiger partial charge in [0.15, 0.2) is 0 Å². The van der Waals surface area contributed by atoms with E-state index in [0.29, 0.717) is 24.9 Å². The molecule has 0 bridgehead atoms. The SMILES string of the molecule is COCCCNC(=O)CC(c1ccccc1)c1nnc(C)o1. The minimum Gasteiger partial charge on any atom is -0.425 e. The zero-order chi connectivity index (χ0) is 15.8. The number of nitrogens with one attached hydrogen (secondary N) is 1. The van der Waals surface area contributed by atoms with Gasteiger partial charge in [0, 0.05) is 33.6 Å². The summed E-state index contributed by atoms with van der Waals surface area (Å²) in [5, 5.41) is 10.8. The van der Waals surface area contributed by atoms with E-state index in [1.807, 2.05) is 30.3 Å². The van der Waals surface area contributed by atoms with E-state index in [2.05, 4.69) is 15.5 Å². The molecule has 0 aliphatic rings. The van der Waals surface area contributed by atoms with Crippen molar-refractivity contribution in [3.8, 4) is 0 Å². The van der Waals surface area contributed by atoms with Gasteiger partial charge in [-0.1, -0.05) is 30.3 Å². The van der Waals surface area contributed by atoms with Crippen LogP contribution in [-0.2, 0) is 9.53 Å². The number of nitrogens with zero attached hydrogens (tertiary/aromatic N) is 2. The molecule has 0 aliphatic heterocycles. The van der Waals surface area contributed by atoms with Gasteiger partial charge < -0.3 is 14.5 Å². The second-order valence-electron chi connectivity index (χ2n) is 5.02. The molecule has 1 heterocycles. The smallest absolute Gasteiger partial charge is 0.224 e. The highest BCUT2D eigenvalue weighted by Gasteiger charge is 2.23. The third-order valence-corrected chi connectivity index (χ3v) is 3.28. The fourth-order valence-corrected chi connectivity index (χ4v) is 2.19. The van der Waals surface area contributed by atoms with Crippen LogP contribution in [0.4, 0.5) is 0 Å². The summed E-state index contributed by atoms with van der Waals surface area (Å²) < 4.78 is 10.5. The van der Waals surface area contributed by atoms with Gasteiger partial charge in [0.1, 0.15) is 0 Å². The van der Waals surface area contributed by atoms with Crippen molar-refractivity contribution >= 4 is 5.91 Å². The van der Waals surface area contributed by atoms with Gasteiger partial charge in [0.25, 0.3) is 0 Å². The molecular weight excluding hydrogens is 282 g/mol. The lowest BCUT2D eigenvalue weighted by atomic mass is 9.95. The van der Waals surface area contributed by atoms with Crippen LogP contribution in [-0.4, -0.2) is 36.4 Å². The number of aryl methyl sites for hydroxylation is 1. The van der Waals surface area contributed by atoms with E-state index in [4.69, 9.17) is 9.15 Å². The number of methoxy groups -OCH3 is 1. The third-order valence-electron chi connectivity index (χ3n) is 3.28. The molecule has 6 heteroatoms. The van der Waals surface area contributed by atoms with Gasteiger partial charge in [0.2, 0.25) is 17.7 Å². The first-order valence-electron chi connectivity index (χ1n) is 7.31. The Hall–Kier alpha value is -2.21. The number of hydrogen-bond donors (Lipinski definition) is 1. The molecule has 0 fully saturated rings. The second kappa shape index (κ2) is 8.29. The quantitative estimate of drug-likeness (QED) is 0.755. The number of amides is 1. The fraction of sp³-hybridized carbons (Fsp3) is 0.438. The van der Waals surface area contributed by atoms with Crippen LogP contribution >= 0.6 is 0 Å². The number of benzene rings is 1. The molecule has 1 aromatic heterocycles. The molecule has 118 valence electrons. The predicted molar refractivity (Wildman–Crippen MR) is 81.4 cm³/mol. The van der Waals surface area contributed by atoms with Gasteiger partial charge in [-0.05, 0) is 12.0 Å². The van der Waals surface area contributed by atoms with Gasteiger partial charge >= 0.3 is 0 Å². The molecule has 0 saturated carbocycles. The van der Waals surface area contributed by atoms with Crippen molar-refractivity contribution in [1.29, 1.82) is 0 Å². The number of rotatable bonds is 8. The second-order valence-corrected chi connectivity index (χ2v) is 5.02. The number of aromatic nitrogens is 2. The summed E-state index contributed by atoms with van der Waals surface area (Å²) in [5.74, 6) is 0.692. The Bertz CT molecular complexity index is 583. The highest BCUT2D eigenvalue weighted by atomic mass is 16.5. The first kappa shape index (κ1) is 16.2. The van der Waals surface area contributed by atoms with Crippen molar-refractivity contribution < 1.29 is 13.9 Å². The van der Waals surface area contributed by atoms with Crippen molar-refractivity contribution in [2.75, 3.05) is 20.3 Å². The topological polar surface area (TPSA) is 77.2 Å². The average molecular weight is 303 g/mol. The summed E-state index contributed by atoms with van der Waals surface area (Å²) in [6.45, 7) is 2.96. The van der Waals surface area contributed by atoms with Crippen LogP contribution in [0, 0.1) is 6.92 Å². The molecule has 6 nitrogen and oxygen atoms in total. The Morgan fingerprint density at radius 2 is 2.09 bits per heavy atom. The van der Waals surface area contributed by atoms with E-state index in [-0.39, 0.29) is 18.2 Å². The van der Waals surface area contributed by atoms with E-state index in [0.717, 1.165) is 12.0 Å². The molecule has 1 N–H and O–H groups in total. The molecule has 1 amide bonds. The van der Waals surface area contributed by atoms with E-state index >= 15 is 0 Å². The molecular formula is C16H21N3O3. The first-order chi connectivity index (χ1) is 10.7. The molecule has 1 unspecified atom stereocenters. The van der Waals surface area contributed by atoms with E-state index in [9.17, 15) is 4.79 Å². The van der Waals surface area contributed by atoms with Gasteiger partial charge in [-0.15, -0.1) is 10.2 Å². The summed E-state index contributed by atoms with van der Waals surface area (Å²) >= 11 is 0. The van der Waals surface area contributed by atoms with Crippen LogP contribution in [0.15, 0.2) is 34.7 Å². The molecule has 0 aliphatic carbocycles. The Morgan fingerprint density at radius 3 is 2.73 bits per heavy atom. The highest BCUT2D eigenvalue weighted by Crippen LogP contribution is 2.26. The first-order valence-corrected chi connectivity index (χ1v) is 7.31. The van der Waals surface area contributed by atoms with Crippen LogP contribution in [0.25, 0.3) is 0 Å². The molecule has 2 aromatic rings. The maximum Gasteiger partial charge on any atom is 0.224 e. The summed E-state index contributed by atoms with van der Waals surface area (Å²) in [7, 11) is 1.64. The number of carbonyl (C=O) groups excluding carboxylic acids is 1. The normalized spacial score (nSPS) is 12.1. The number of carbonyl (C=O) groups is 1. The van der Waals surface area contributed by atoms with E-state index < -0.39 is 0 Å². The van der Waals surface area contributed by atoms with Crippen LogP contribution in [0.2, 0.25) is 0 Å². The zero-order valence-corrected chi connectivity index (χ0v) is 12.9. The van der Waals surface area contributed by atoms with Crippen LogP contribution in [0.3, 0.4) is 0 Å². The monoisotopic (exact) mass is 303 g/mol. The van der Waals surface area contributed by atoms with Gasteiger partial charge in [-0.25, -0.2) is 0 Å². The van der Waals surface area contributed by atoms with E-state index in [1.165, 1.54) is 0 Å². The Kier molecular flexibility index (Phi) is 6.09. The van der Waals surface area contributed by atoms with Crippen molar-refractivity contribution in [2.24, 2.45) is 0 Å². The number of hydrogen-bond acceptors (Lipinski definition) is 5. The largest absolute Gasteiger partial charge is 0.425 e. The Labute approximate surface area is 129 Å². The van der Waals surface area contributed by atoms with Gasteiger partial charge in [0.05, 0.1) is 5.92 Å². The Balaban J connectivity index is 2.04. The lowest BCUT2D eigenvalue weighted by Gasteiger charge is -2.13. The average Bonchev–Trinajstić information content (AvgIpc) is 2.96. The highest BCUT2D eigenvalue weighted by molar-refractivity contribution is 5.77. The number of ether oxygens (including phenoxy) is 1. The van der Waals surface area contributed by atoms with Crippen LogP contribution in [0.5, 0.6) is 0 Å². The lowest BCUT2D eigenvalue weighted by Crippen LogP contribution is -2.27. The summed E-state index contributed by atoms with van der Waals surface area (Å²) in [5.41, 5.74) is 0.984. The minimum atomic E-state index is -0.232. The van der Waals surface area contributed by atoms with Gasteiger partial charge in [-0.3, -0.25) is 4.79 Å². The Morgan fingerprint density at radius 1 is 1.32 bits per heavy atom. The van der Waals surface area contributed by atoms with Crippen molar-refractivity contribution in [3.63, 3.8) is 0 Å². The van der Waals surface area contributed by atoms with Crippen LogP contribution < -0.4 is 5.32 Å². The maximum absolute atomic E-state index is 12.1. The van der Waals surface area contributed by atoms with Crippen molar-refractivity contribution in [1.82, 2.24) is 15.5 Å². The molecule has 0 spiro atoms. The molecule has 22 heavy (non-hydrogen) atoms.